The molecule has 23 heavy (non-hydrogen) atoms. The van der Waals surface area contributed by atoms with Crippen molar-refractivity contribution in [3.05, 3.63) is 23.9 Å². The summed E-state index contributed by atoms with van der Waals surface area (Å²) >= 11 is 0. The number of carbonyl (C=O) groups excluding carboxylic acids is 1. The molecule has 1 aliphatic heterocycles. The van der Waals surface area contributed by atoms with Crippen LogP contribution in [0.2, 0.25) is 0 Å². The van der Waals surface area contributed by atoms with Gasteiger partial charge in [-0.05, 0) is 25.8 Å². The summed E-state index contributed by atoms with van der Waals surface area (Å²) in [7, 11) is 0. The van der Waals surface area contributed by atoms with Crippen molar-refractivity contribution in [2.45, 2.75) is 45.2 Å². The fraction of sp³-hybridized carbons (Fsp3) is 0.643. The van der Waals surface area contributed by atoms with Gasteiger partial charge in [0.05, 0.1) is 12.6 Å². The molecular formula is C14H21N7O2. The van der Waals surface area contributed by atoms with Crippen molar-refractivity contribution in [3.8, 4) is 0 Å². The summed E-state index contributed by atoms with van der Waals surface area (Å²) in [6, 6.07) is 0.173. The Kier molecular flexibility index (Phi) is 4.65. The maximum absolute atomic E-state index is 11.1. The number of carbonyl (C=O) groups is 1. The van der Waals surface area contributed by atoms with Crippen molar-refractivity contribution in [1.29, 1.82) is 0 Å². The van der Waals surface area contributed by atoms with Gasteiger partial charge in [-0.15, -0.1) is 5.10 Å². The number of nitrogens with two attached hydrogens (primary N) is 1. The largest absolute Gasteiger partial charge is 0.363 e. The van der Waals surface area contributed by atoms with Gasteiger partial charge in [0.15, 0.2) is 5.82 Å². The molecule has 0 aromatic carbocycles. The van der Waals surface area contributed by atoms with E-state index in [2.05, 4.69) is 32.0 Å². The van der Waals surface area contributed by atoms with Gasteiger partial charge < -0.3 is 10.3 Å². The Balaban J connectivity index is 1.61. The summed E-state index contributed by atoms with van der Waals surface area (Å²) in [6.07, 6.45) is 5.40. The fourth-order valence-corrected chi connectivity index (χ4v) is 2.82. The van der Waals surface area contributed by atoms with Crippen molar-refractivity contribution >= 4 is 5.91 Å². The van der Waals surface area contributed by atoms with Crippen molar-refractivity contribution < 1.29 is 9.32 Å². The normalized spacial score (nSPS) is 19.1. The number of piperidine rings is 1. The van der Waals surface area contributed by atoms with Crippen molar-refractivity contribution in [1.82, 2.24) is 29.8 Å². The van der Waals surface area contributed by atoms with Crippen LogP contribution in [0.15, 0.2) is 10.9 Å². The Morgan fingerprint density at radius 3 is 3.13 bits per heavy atom. The van der Waals surface area contributed by atoms with Crippen LogP contribution in [0.4, 0.5) is 0 Å². The highest BCUT2D eigenvalue weighted by Gasteiger charge is 2.24. The van der Waals surface area contributed by atoms with Crippen molar-refractivity contribution in [2.75, 3.05) is 13.1 Å². The van der Waals surface area contributed by atoms with E-state index in [9.17, 15) is 4.79 Å². The Bertz CT molecular complexity index is 666. The van der Waals surface area contributed by atoms with E-state index in [1.165, 1.54) is 0 Å². The maximum Gasteiger partial charge on any atom is 0.288 e. The van der Waals surface area contributed by atoms with Crippen molar-refractivity contribution in [2.24, 2.45) is 5.73 Å². The third-order valence-electron chi connectivity index (χ3n) is 3.92. The number of aromatic nitrogens is 5. The van der Waals surface area contributed by atoms with Gasteiger partial charge >= 0.3 is 0 Å². The van der Waals surface area contributed by atoms with Crippen LogP contribution < -0.4 is 5.73 Å². The van der Waals surface area contributed by atoms with E-state index < -0.39 is 5.91 Å². The molecule has 9 heteroatoms. The molecule has 1 atom stereocenters. The van der Waals surface area contributed by atoms with Crippen LogP contribution in [-0.4, -0.2) is 48.8 Å². The van der Waals surface area contributed by atoms with Gasteiger partial charge in [-0.3, -0.25) is 9.69 Å². The smallest absolute Gasteiger partial charge is 0.288 e. The molecule has 124 valence electrons. The summed E-state index contributed by atoms with van der Waals surface area (Å²) in [5.74, 6) is 0.861. The first-order chi connectivity index (χ1) is 11.2. The van der Waals surface area contributed by atoms with Gasteiger partial charge in [0.25, 0.3) is 5.91 Å². The highest BCUT2D eigenvalue weighted by molar-refractivity contribution is 5.88. The van der Waals surface area contributed by atoms with Crippen LogP contribution in [-0.2, 0) is 13.0 Å². The number of nitrogens with zero attached hydrogens (tertiary/aromatic N) is 6. The van der Waals surface area contributed by atoms with Crippen LogP contribution >= 0.6 is 0 Å². The lowest BCUT2D eigenvalue weighted by Crippen LogP contribution is -2.36. The number of amides is 1. The molecule has 3 rings (SSSR count). The number of aryl methyl sites for hydroxylation is 1. The average Bonchev–Trinajstić information content (AvgIpc) is 3.17. The predicted molar refractivity (Wildman–Crippen MR) is 80.4 cm³/mol. The van der Waals surface area contributed by atoms with Crippen LogP contribution in [0.1, 0.15) is 54.6 Å². The maximum atomic E-state index is 11.1. The minimum atomic E-state index is -0.605. The zero-order chi connectivity index (χ0) is 16.2. The van der Waals surface area contributed by atoms with E-state index in [1.807, 2.05) is 0 Å². The van der Waals surface area contributed by atoms with Crippen LogP contribution in [0, 0.1) is 0 Å². The molecule has 1 fully saturated rings. The quantitative estimate of drug-likeness (QED) is 0.826. The molecule has 1 aliphatic rings. The SMILES string of the molecule is CCCc1nc(CN2CCC[C@H](n3cnc(C(N)=O)n3)C2)no1. The number of rotatable bonds is 6. The number of hydrogen-bond acceptors (Lipinski definition) is 7. The van der Waals surface area contributed by atoms with E-state index in [-0.39, 0.29) is 11.9 Å². The molecule has 2 aromatic rings. The first-order valence-corrected chi connectivity index (χ1v) is 7.90. The van der Waals surface area contributed by atoms with E-state index in [0.29, 0.717) is 18.3 Å². The minimum absolute atomic E-state index is 0.0597. The van der Waals surface area contributed by atoms with Gasteiger partial charge in [-0.2, -0.15) is 4.98 Å². The summed E-state index contributed by atoms with van der Waals surface area (Å²) < 4.78 is 6.95. The summed E-state index contributed by atoms with van der Waals surface area (Å²) in [5.41, 5.74) is 5.20. The monoisotopic (exact) mass is 319 g/mol. The fourth-order valence-electron chi connectivity index (χ4n) is 2.82. The zero-order valence-electron chi connectivity index (χ0n) is 13.2. The second-order valence-corrected chi connectivity index (χ2v) is 5.80. The molecule has 1 saturated heterocycles. The highest BCUT2D eigenvalue weighted by Crippen LogP contribution is 2.21. The van der Waals surface area contributed by atoms with Crippen LogP contribution in [0.25, 0.3) is 0 Å². The molecule has 9 nitrogen and oxygen atoms in total. The topological polar surface area (TPSA) is 116 Å². The molecule has 1 amide bonds. The van der Waals surface area contributed by atoms with E-state index in [4.69, 9.17) is 10.3 Å². The van der Waals surface area contributed by atoms with Gasteiger partial charge in [-0.25, -0.2) is 9.67 Å². The van der Waals surface area contributed by atoms with Gasteiger partial charge in [-0.1, -0.05) is 12.1 Å². The Morgan fingerprint density at radius 2 is 2.39 bits per heavy atom. The molecule has 0 spiro atoms. The molecule has 0 bridgehead atoms. The molecule has 3 heterocycles. The highest BCUT2D eigenvalue weighted by atomic mass is 16.5. The lowest BCUT2D eigenvalue weighted by atomic mass is 10.1. The van der Waals surface area contributed by atoms with E-state index in [1.54, 1.807) is 11.0 Å². The number of hydrogen-bond donors (Lipinski definition) is 1. The second-order valence-electron chi connectivity index (χ2n) is 5.80. The molecular weight excluding hydrogens is 298 g/mol. The number of likely N-dealkylation sites (tertiary alicyclic amines) is 1. The number of primary amides is 1. The predicted octanol–water partition coefficient (Wildman–Crippen LogP) is 0.550. The lowest BCUT2D eigenvalue weighted by Gasteiger charge is -2.31. The van der Waals surface area contributed by atoms with Gasteiger partial charge in [0.1, 0.15) is 6.33 Å². The second kappa shape index (κ2) is 6.86. The average molecular weight is 319 g/mol. The van der Waals surface area contributed by atoms with E-state index in [0.717, 1.165) is 38.8 Å². The van der Waals surface area contributed by atoms with E-state index >= 15 is 0 Å². The zero-order valence-corrected chi connectivity index (χ0v) is 13.2. The first kappa shape index (κ1) is 15.6. The summed E-state index contributed by atoms with van der Waals surface area (Å²) in [5, 5.41) is 8.19. The Labute approximate surface area is 133 Å². The lowest BCUT2D eigenvalue weighted by molar-refractivity contribution is 0.0988. The Hall–Kier alpha value is -2.29. The summed E-state index contributed by atoms with van der Waals surface area (Å²) in [4.78, 5) is 21.7. The van der Waals surface area contributed by atoms with Gasteiger partial charge in [0, 0.05) is 13.0 Å². The minimum Gasteiger partial charge on any atom is -0.363 e. The van der Waals surface area contributed by atoms with Gasteiger partial charge in [0.2, 0.25) is 11.7 Å². The molecule has 0 unspecified atom stereocenters. The molecule has 0 radical (unpaired) electrons. The summed E-state index contributed by atoms with van der Waals surface area (Å²) in [6.45, 7) is 4.52. The van der Waals surface area contributed by atoms with Crippen LogP contribution in [0.5, 0.6) is 0 Å². The standard InChI is InChI=1S/C14H21N7O2/c1-2-4-12-17-11(19-23-12)8-20-6-3-5-10(7-20)21-9-16-14(18-21)13(15)22/h9-10H,2-8H2,1H3,(H2,15,22)/t10-/m0/s1. The molecule has 0 aliphatic carbocycles. The first-order valence-electron chi connectivity index (χ1n) is 7.90. The third-order valence-corrected chi connectivity index (χ3v) is 3.92. The van der Waals surface area contributed by atoms with Crippen molar-refractivity contribution in [3.63, 3.8) is 0 Å². The molecule has 2 N–H and O–H groups in total. The molecule has 0 saturated carbocycles. The van der Waals surface area contributed by atoms with Crippen LogP contribution in [0.3, 0.4) is 0 Å². The molecule has 2 aromatic heterocycles. The Morgan fingerprint density at radius 1 is 1.52 bits per heavy atom. The third kappa shape index (κ3) is 3.73.